The van der Waals surface area contributed by atoms with E-state index in [1.165, 1.54) is 5.69 Å². The highest BCUT2D eigenvalue weighted by Crippen LogP contribution is 2.20. The van der Waals surface area contributed by atoms with Crippen LogP contribution in [0.2, 0.25) is 0 Å². The first kappa shape index (κ1) is 19.6. The van der Waals surface area contributed by atoms with Gasteiger partial charge in [-0.3, -0.25) is 9.69 Å². The van der Waals surface area contributed by atoms with Crippen LogP contribution in [-0.4, -0.2) is 57.2 Å². The van der Waals surface area contributed by atoms with Gasteiger partial charge in [-0.2, -0.15) is 0 Å². The van der Waals surface area contributed by atoms with Gasteiger partial charge < -0.3 is 15.0 Å². The smallest absolute Gasteiger partial charge is 0.251 e. The number of ether oxygens (including phenoxy) is 1. The molecule has 0 atom stereocenters. The first-order valence-electron chi connectivity index (χ1n) is 9.25. The molecule has 27 heavy (non-hydrogen) atoms. The molecule has 1 aromatic heterocycles. The highest BCUT2D eigenvalue weighted by Gasteiger charge is 2.16. The van der Waals surface area contributed by atoms with E-state index in [2.05, 4.69) is 27.2 Å². The Bertz CT molecular complexity index is 748. The number of nitrogens with one attached hydrogen (secondary N) is 1. The molecule has 1 N–H and O–H groups in total. The van der Waals surface area contributed by atoms with Crippen molar-refractivity contribution in [2.45, 2.75) is 6.92 Å². The van der Waals surface area contributed by atoms with Crippen LogP contribution in [0.4, 0.5) is 11.4 Å². The van der Waals surface area contributed by atoms with Gasteiger partial charge in [-0.1, -0.05) is 6.07 Å². The predicted octanol–water partition coefficient (Wildman–Crippen LogP) is 3.56. The van der Waals surface area contributed by atoms with Crippen molar-refractivity contribution in [3.05, 3.63) is 52.2 Å². The lowest BCUT2D eigenvalue weighted by molar-refractivity contribution is -0.112. The number of anilines is 2. The largest absolute Gasteiger partial charge is 0.383 e. The highest BCUT2D eigenvalue weighted by atomic mass is 32.1. The van der Waals surface area contributed by atoms with Crippen molar-refractivity contribution in [1.82, 2.24) is 4.90 Å². The van der Waals surface area contributed by atoms with Crippen LogP contribution >= 0.6 is 11.3 Å². The van der Waals surface area contributed by atoms with Crippen LogP contribution in [0.1, 0.15) is 11.8 Å². The number of benzene rings is 1. The van der Waals surface area contributed by atoms with Gasteiger partial charge >= 0.3 is 0 Å². The molecule has 144 valence electrons. The standard InChI is InChI=1S/C21H27N3O2S/c1-17(16-20-4-3-15-27-20)21(25)22-18-5-7-19(8-6-18)24-11-9-23(10-12-24)13-14-26-2/h3-8,15-16H,9-14H2,1-2H3,(H,22,25)/b17-16+. The van der Waals surface area contributed by atoms with Crippen LogP contribution in [0.5, 0.6) is 0 Å². The van der Waals surface area contributed by atoms with E-state index in [0.29, 0.717) is 5.57 Å². The van der Waals surface area contributed by atoms with E-state index >= 15 is 0 Å². The molecule has 1 fully saturated rings. The summed E-state index contributed by atoms with van der Waals surface area (Å²) in [6, 6.07) is 12.1. The number of amides is 1. The summed E-state index contributed by atoms with van der Waals surface area (Å²) in [5.41, 5.74) is 2.72. The number of thiophene rings is 1. The molecule has 0 radical (unpaired) electrons. The maximum atomic E-state index is 12.3. The van der Waals surface area contributed by atoms with E-state index in [0.717, 1.165) is 49.9 Å². The molecule has 5 nitrogen and oxygen atoms in total. The third-order valence-corrected chi connectivity index (χ3v) is 5.55. The summed E-state index contributed by atoms with van der Waals surface area (Å²) in [6.07, 6.45) is 1.91. The van der Waals surface area contributed by atoms with Crippen molar-refractivity contribution < 1.29 is 9.53 Å². The topological polar surface area (TPSA) is 44.8 Å². The van der Waals surface area contributed by atoms with Gasteiger partial charge in [0.2, 0.25) is 0 Å². The van der Waals surface area contributed by atoms with Gasteiger partial charge in [0.25, 0.3) is 5.91 Å². The molecular formula is C21H27N3O2S. The minimum Gasteiger partial charge on any atom is -0.383 e. The summed E-state index contributed by atoms with van der Waals surface area (Å²) >= 11 is 1.62. The Morgan fingerprint density at radius 1 is 1.19 bits per heavy atom. The van der Waals surface area contributed by atoms with Gasteiger partial charge in [-0.25, -0.2) is 0 Å². The molecule has 2 heterocycles. The molecule has 1 amide bonds. The Labute approximate surface area is 165 Å². The normalized spacial score (nSPS) is 15.8. The van der Waals surface area contributed by atoms with Crippen molar-refractivity contribution in [3.8, 4) is 0 Å². The molecule has 0 bridgehead atoms. The average molecular weight is 386 g/mol. The molecular weight excluding hydrogens is 358 g/mol. The Morgan fingerprint density at radius 2 is 1.93 bits per heavy atom. The summed E-state index contributed by atoms with van der Waals surface area (Å²) < 4.78 is 5.15. The Balaban J connectivity index is 1.52. The first-order chi connectivity index (χ1) is 13.2. The maximum Gasteiger partial charge on any atom is 0.251 e. The quantitative estimate of drug-likeness (QED) is 0.740. The summed E-state index contributed by atoms with van der Waals surface area (Å²) in [6.45, 7) is 7.74. The molecule has 0 spiro atoms. The number of carbonyl (C=O) groups excluding carboxylic acids is 1. The van der Waals surface area contributed by atoms with E-state index in [1.54, 1.807) is 18.4 Å². The SMILES string of the molecule is COCCN1CCN(c2ccc(NC(=O)/C(C)=C/c3cccs3)cc2)CC1. The molecule has 0 aliphatic carbocycles. The molecule has 1 aliphatic heterocycles. The zero-order valence-corrected chi connectivity index (χ0v) is 16.8. The molecule has 0 unspecified atom stereocenters. The van der Waals surface area contributed by atoms with E-state index < -0.39 is 0 Å². The lowest BCUT2D eigenvalue weighted by atomic mass is 10.2. The predicted molar refractivity (Wildman–Crippen MR) is 114 cm³/mol. The van der Waals surface area contributed by atoms with Crippen LogP contribution in [0.3, 0.4) is 0 Å². The van der Waals surface area contributed by atoms with Gasteiger partial charge in [0.15, 0.2) is 0 Å². The highest BCUT2D eigenvalue weighted by molar-refractivity contribution is 7.10. The summed E-state index contributed by atoms with van der Waals surface area (Å²) in [5, 5.41) is 4.98. The fourth-order valence-electron chi connectivity index (χ4n) is 3.09. The van der Waals surface area contributed by atoms with Gasteiger partial charge in [0, 0.05) is 61.7 Å². The van der Waals surface area contributed by atoms with Crippen LogP contribution in [0, 0.1) is 0 Å². The molecule has 2 aromatic rings. The average Bonchev–Trinajstić information content (AvgIpc) is 3.20. The molecule has 1 aromatic carbocycles. The number of hydrogen-bond acceptors (Lipinski definition) is 5. The fraction of sp³-hybridized carbons (Fsp3) is 0.381. The number of hydrogen-bond donors (Lipinski definition) is 1. The Hall–Kier alpha value is -2.15. The van der Waals surface area contributed by atoms with Crippen molar-refractivity contribution in [2.75, 3.05) is 56.7 Å². The molecule has 0 saturated carbocycles. The van der Waals surface area contributed by atoms with E-state index in [1.807, 2.05) is 42.6 Å². The second-order valence-corrected chi connectivity index (χ2v) is 7.64. The number of rotatable bonds is 7. The summed E-state index contributed by atoms with van der Waals surface area (Å²) in [7, 11) is 1.75. The third kappa shape index (κ3) is 5.66. The van der Waals surface area contributed by atoms with Gasteiger partial charge in [-0.05, 0) is 48.7 Å². The lowest BCUT2D eigenvalue weighted by Gasteiger charge is -2.36. The summed E-state index contributed by atoms with van der Waals surface area (Å²) in [5.74, 6) is -0.0668. The van der Waals surface area contributed by atoms with Crippen molar-refractivity contribution in [2.24, 2.45) is 0 Å². The van der Waals surface area contributed by atoms with Gasteiger partial charge in [0.05, 0.1) is 6.61 Å². The second kappa shape index (κ2) is 9.69. The van der Waals surface area contributed by atoms with Gasteiger partial charge in [0.1, 0.15) is 0 Å². The molecule has 6 heteroatoms. The Kier molecular flexibility index (Phi) is 7.04. The maximum absolute atomic E-state index is 12.3. The first-order valence-corrected chi connectivity index (χ1v) is 10.1. The second-order valence-electron chi connectivity index (χ2n) is 6.67. The van der Waals surface area contributed by atoms with Crippen molar-refractivity contribution in [1.29, 1.82) is 0 Å². The van der Waals surface area contributed by atoms with E-state index in [9.17, 15) is 4.79 Å². The zero-order valence-electron chi connectivity index (χ0n) is 16.0. The minimum absolute atomic E-state index is 0.0668. The monoisotopic (exact) mass is 385 g/mol. The number of methoxy groups -OCH3 is 1. The lowest BCUT2D eigenvalue weighted by Crippen LogP contribution is -2.47. The molecule has 3 rings (SSSR count). The number of nitrogens with zero attached hydrogens (tertiary/aromatic N) is 2. The molecule has 1 saturated heterocycles. The molecule has 1 aliphatic rings. The van der Waals surface area contributed by atoms with Crippen LogP contribution in [0.15, 0.2) is 47.4 Å². The number of piperazine rings is 1. The van der Waals surface area contributed by atoms with E-state index in [4.69, 9.17) is 4.74 Å². The Morgan fingerprint density at radius 3 is 2.56 bits per heavy atom. The third-order valence-electron chi connectivity index (χ3n) is 4.73. The van der Waals surface area contributed by atoms with Crippen LogP contribution < -0.4 is 10.2 Å². The van der Waals surface area contributed by atoms with E-state index in [-0.39, 0.29) is 5.91 Å². The summed E-state index contributed by atoms with van der Waals surface area (Å²) in [4.78, 5) is 18.2. The number of carbonyl (C=O) groups is 1. The van der Waals surface area contributed by atoms with Crippen molar-refractivity contribution in [3.63, 3.8) is 0 Å². The van der Waals surface area contributed by atoms with Gasteiger partial charge in [-0.15, -0.1) is 11.3 Å². The minimum atomic E-state index is -0.0668. The fourth-order valence-corrected chi connectivity index (χ4v) is 3.80. The zero-order chi connectivity index (χ0) is 19.1. The van der Waals surface area contributed by atoms with Crippen LogP contribution in [-0.2, 0) is 9.53 Å². The van der Waals surface area contributed by atoms with Crippen molar-refractivity contribution >= 4 is 34.7 Å². The van der Waals surface area contributed by atoms with Crippen LogP contribution in [0.25, 0.3) is 6.08 Å².